The van der Waals surface area contributed by atoms with E-state index in [0.29, 0.717) is 0 Å². The van der Waals surface area contributed by atoms with Crippen LogP contribution in [0.2, 0.25) is 0 Å². The molecule has 0 saturated carbocycles. The van der Waals surface area contributed by atoms with Crippen LogP contribution in [-0.2, 0) is 0 Å². The second kappa shape index (κ2) is 3.99. The van der Waals surface area contributed by atoms with Gasteiger partial charge in [-0.15, -0.1) is 0 Å². The lowest BCUT2D eigenvalue weighted by Gasteiger charge is -1.99. The summed E-state index contributed by atoms with van der Waals surface area (Å²) in [6.45, 7) is 5.02. The Hall–Kier alpha value is -0.0100. The van der Waals surface area contributed by atoms with E-state index in [-0.39, 0.29) is 17.9 Å². The molecule has 0 radical (unpaired) electrons. The molecule has 0 spiro atoms. The van der Waals surface area contributed by atoms with Crippen LogP contribution in [0.1, 0.15) is 13.8 Å². The zero-order valence-electron chi connectivity index (χ0n) is 6.14. The third kappa shape index (κ3) is 1.99. The Bertz CT molecular complexity index is 170. The number of allylic oxidation sites excluding steroid dienone is 1. The quantitative estimate of drug-likeness (QED) is 0.266. The highest BCUT2D eigenvalue weighted by atomic mass is 35.5. The van der Waals surface area contributed by atoms with E-state index in [0.717, 1.165) is 6.54 Å². The predicted molar refractivity (Wildman–Crippen MR) is 40.3 cm³/mol. The van der Waals surface area contributed by atoms with E-state index in [1.807, 2.05) is 6.92 Å². The first kappa shape index (κ1) is 9.99. The summed E-state index contributed by atoms with van der Waals surface area (Å²) in [6.07, 6.45) is 4.22. The minimum absolute atomic E-state index is 0. The van der Waals surface area contributed by atoms with Gasteiger partial charge < -0.3 is 12.4 Å². The molecule has 1 rings (SSSR count). The van der Waals surface area contributed by atoms with Gasteiger partial charge in [-0.2, -0.15) is 0 Å². The smallest absolute Gasteiger partial charge is 0.224 e. The number of alkyl halides is 1. The molecule has 0 bridgehead atoms. The fourth-order valence-corrected chi connectivity index (χ4v) is 1.24. The van der Waals surface area contributed by atoms with Gasteiger partial charge in [0.15, 0.2) is 12.3 Å². The van der Waals surface area contributed by atoms with Crippen LogP contribution in [0.15, 0.2) is 12.2 Å². The SMILES string of the molecule is CC1=[N+](C(C)Cl)CC=C1.[Cl-]. The molecule has 0 aromatic heterocycles. The fraction of sp³-hybridized carbons (Fsp3) is 0.571. The Morgan fingerprint density at radius 1 is 1.70 bits per heavy atom. The Morgan fingerprint density at radius 3 is 2.50 bits per heavy atom. The van der Waals surface area contributed by atoms with Crippen molar-refractivity contribution in [1.29, 1.82) is 0 Å². The van der Waals surface area contributed by atoms with Crippen molar-refractivity contribution >= 4 is 17.3 Å². The van der Waals surface area contributed by atoms with Crippen LogP contribution in [0, 0.1) is 0 Å². The van der Waals surface area contributed by atoms with E-state index >= 15 is 0 Å². The number of nitrogens with zero attached hydrogens (tertiary/aromatic N) is 1. The maximum atomic E-state index is 5.84. The van der Waals surface area contributed by atoms with Crippen molar-refractivity contribution in [2.24, 2.45) is 0 Å². The molecule has 1 aliphatic rings. The summed E-state index contributed by atoms with van der Waals surface area (Å²) in [5.41, 5.74) is 1.39. The molecule has 0 aromatic carbocycles. The minimum Gasteiger partial charge on any atom is -1.00 e. The molecule has 0 aromatic rings. The lowest BCUT2D eigenvalue weighted by molar-refractivity contribution is -0.527. The molecule has 0 saturated heterocycles. The van der Waals surface area contributed by atoms with E-state index in [1.54, 1.807) is 0 Å². The first-order chi connectivity index (χ1) is 4.22. The molecule has 1 nitrogen and oxygen atoms in total. The van der Waals surface area contributed by atoms with Gasteiger partial charge >= 0.3 is 0 Å². The zero-order valence-corrected chi connectivity index (χ0v) is 7.65. The lowest BCUT2D eigenvalue weighted by atomic mass is 10.4. The highest BCUT2D eigenvalue weighted by Crippen LogP contribution is 2.02. The fourth-order valence-electron chi connectivity index (χ4n) is 1.00. The second-order valence-corrected chi connectivity index (χ2v) is 2.90. The van der Waals surface area contributed by atoms with Gasteiger partial charge in [-0.05, 0) is 17.7 Å². The van der Waals surface area contributed by atoms with Crippen LogP contribution < -0.4 is 12.4 Å². The van der Waals surface area contributed by atoms with E-state index < -0.39 is 0 Å². The Kier molecular flexibility index (Phi) is 3.99. The summed E-state index contributed by atoms with van der Waals surface area (Å²) in [6, 6.07) is 0. The van der Waals surface area contributed by atoms with Gasteiger partial charge in [0.25, 0.3) is 0 Å². The number of rotatable bonds is 1. The third-order valence-corrected chi connectivity index (χ3v) is 1.78. The summed E-state index contributed by atoms with van der Waals surface area (Å²) in [5, 5.41) is 0. The van der Waals surface area contributed by atoms with Crippen LogP contribution in [-0.4, -0.2) is 22.3 Å². The molecule has 0 amide bonds. The minimum atomic E-state index is 0. The normalized spacial score (nSPS) is 19.1. The summed E-state index contributed by atoms with van der Waals surface area (Å²) >= 11 is 5.84. The molecule has 3 heteroatoms. The van der Waals surface area contributed by atoms with Gasteiger partial charge in [-0.25, -0.2) is 4.58 Å². The van der Waals surface area contributed by atoms with Crippen LogP contribution >= 0.6 is 11.6 Å². The van der Waals surface area contributed by atoms with Gasteiger partial charge in [0.1, 0.15) is 0 Å². The molecular formula is C7H11Cl2N. The average molecular weight is 180 g/mol. The van der Waals surface area contributed by atoms with Crippen molar-refractivity contribution in [3.8, 4) is 0 Å². The van der Waals surface area contributed by atoms with Crippen LogP contribution in [0.4, 0.5) is 0 Å². The molecule has 58 valence electrons. The summed E-state index contributed by atoms with van der Waals surface area (Å²) in [5.74, 6) is 0. The molecule has 0 aliphatic carbocycles. The van der Waals surface area contributed by atoms with Crippen LogP contribution in [0.25, 0.3) is 0 Å². The van der Waals surface area contributed by atoms with Gasteiger partial charge in [0, 0.05) is 19.9 Å². The number of hydrogen-bond acceptors (Lipinski definition) is 0. The van der Waals surface area contributed by atoms with Gasteiger partial charge in [-0.3, -0.25) is 0 Å². The first-order valence-electron chi connectivity index (χ1n) is 3.12. The lowest BCUT2D eigenvalue weighted by Crippen LogP contribution is -3.00. The zero-order chi connectivity index (χ0) is 6.85. The molecule has 0 N–H and O–H groups in total. The monoisotopic (exact) mass is 179 g/mol. The standard InChI is InChI=1S/C7H11ClN.ClH/c1-6-4-3-5-9(6)7(2)8;/h3-4,7H,5H2,1-2H3;1H/q+1;/p-1. The molecule has 1 unspecified atom stereocenters. The highest BCUT2D eigenvalue weighted by Gasteiger charge is 2.16. The molecule has 1 atom stereocenters. The van der Waals surface area contributed by atoms with Gasteiger partial charge in [0.05, 0.1) is 0 Å². The summed E-state index contributed by atoms with van der Waals surface area (Å²) in [7, 11) is 0. The van der Waals surface area contributed by atoms with E-state index in [9.17, 15) is 0 Å². The maximum Gasteiger partial charge on any atom is 0.224 e. The maximum absolute atomic E-state index is 5.84. The van der Waals surface area contributed by atoms with Crippen molar-refractivity contribution in [3.63, 3.8) is 0 Å². The van der Waals surface area contributed by atoms with E-state index in [4.69, 9.17) is 11.6 Å². The molecule has 1 heterocycles. The van der Waals surface area contributed by atoms with Gasteiger partial charge in [0.2, 0.25) is 5.50 Å². The molecular weight excluding hydrogens is 169 g/mol. The summed E-state index contributed by atoms with van der Waals surface area (Å²) < 4.78 is 2.14. The number of hydrogen-bond donors (Lipinski definition) is 0. The largest absolute Gasteiger partial charge is 1.00 e. The molecule has 0 fully saturated rings. The van der Waals surface area contributed by atoms with Crippen molar-refractivity contribution in [2.45, 2.75) is 19.3 Å². The second-order valence-electron chi connectivity index (χ2n) is 2.27. The van der Waals surface area contributed by atoms with E-state index in [2.05, 4.69) is 23.7 Å². The predicted octanol–water partition coefficient (Wildman–Crippen LogP) is -1.38. The van der Waals surface area contributed by atoms with Crippen LogP contribution in [0.3, 0.4) is 0 Å². The molecule has 1 aliphatic heterocycles. The average Bonchev–Trinajstić information content (AvgIpc) is 2.13. The van der Waals surface area contributed by atoms with Gasteiger partial charge in [-0.1, -0.05) is 0 Å². The van der Waals surface area contributed by atoms with Crippen molar-refractivity contribution in [1.82, 2.24) is 0 Å². The van der Waals surface area contributed by atoms with Crippen molar-refractivity contribution < 1.29 is 17.0 Å². The van der Waals surface area contributed by atoms with Crippen molar-refractivity contribution in [2.75, 3.05) is 6.54 Å². The topological polar surface area (TPSA) is 3.01 Å². The summed E-state index contributed by atoms with van der Waals surface area (Å²) in [4.78, 5) is 0. The van der Waals surface area contributed by atoms with Crippen LogP contribution in [0.5, 0.6) is 0 Å². The van der Waals surface area contributed by atoms with Crippen molar-refractivity contribution in [3.05, 3.63) is 12.2 Å². The Morgan fingerprint density at radius 2 is 2.30 bits per heavy atom. The first-order valence-corrected chi connectivity index (χ1v) is 3.56. The third-order valence-electron chi connectivity index (χ3n) is 1.54. The molecule has 10 heavy (non-hydrogen) atoms. The Labute approximate surface area is 72.8 Å². The van der Waals surface area contributed by atoms with E-state index in [1.165, 1.54) is 5.71 Å². The number of halogens is 2. The highest BCUT2D eigenvalue weighted by molar-refractivity contribution is 6.19. The Balaban J connectivity index is 0.000000810.